The Kier molecular flexibility index (Phi) is 5.41. The molecule has 1 N–H and O–H groups in total. The van der Waals surface area contributed by atoms with Gasteiger partial charge >= 0.3 is 6.09 Å². The van der Waals surface area contributed by atoms with Crippen molar-refractivity contribution in [3.05, 3.63) is 93.2 Å². The molecule has 4 aromatic rings. The summed E-state index contributed by atoms with van der Waals surface area (Å²) in [4.78, 5) is 26.8. The molecule has 0 aliphatic carbocycles. The van der Waals surface area contributed by atoms with Crippen LogP contribution in [0.3, 0.4) is 0 Å². The normalized spacial score (nSPS) is 13.6. The standard InChI is InChI=1S/C25H22N2O4S/c28-24-14-19(31-16-17-5-2-1-3-6-17)10-12-27(24)18-8-9-21-20-7-4-11-26(25(29)30)15-23(20)32-22(21)13-18/h1-3,5-6,8-10,12-14H,4,7,11,15-16H2,(H,29,30). The Morgan fingerprint density at radius 2 is 1.94 bits per heavy atom. The number of amides is 1. The second-order valence-corrected chi connectivity index (χ2v) is 8.97. The van der Waals surface area contributed by atoms with Gasteiger partial charge in [0, 0.05) is 28.4 Å². The summed E-state index contributed by atoms with van der Waals surface area (Å²) >= 11 is 1.61. The number of rotatable bonds is 4. The molecule has 5 rings (SSSR count). The fourth-order valence-electron chi connectivity index (χ4n) is 4.11. The molecule has 1 aliphatic heterocycles. The molecule has 7 heteroatoms. The smallest absolute Gasteiger partial charge is 0.407 e. The van der Waals surface area contributed by atoms with Crippen LogP contribution >= 0.6 is 11.3 Å². The van der Waals surface area contributed by atoms with Crippen LogP contribution in [0.5, 0.6) is 5.75 Å². The predicted molar refractivity (Wildman–Crippen MR) is 125 cm³/mol. The Morgan fingerprint density at radius 1 is 1.09 bits per heavy atom. The first-order valence-electron chi connectivity index (χ1n) is 10.5. The summed E-state index contributed by atoms with van der Waals surface area (Å²) in [5, 5.41) is 10.5. The number of aryl methyl sites for hydroxylation is 1. The highest BCUT2D eigenvalue weighted by Gasteiger charge is 2.22. The molecule has 32 heavy (non-hydrogen) atoms. The molecule has 0 saturated heterocycles. The lowest BCUT2D eigenvalue weighted by atomic mass is 10.1. The number of benzene rings is 2. The summed E-state index contributed by atoms with van der Waals surface area (Å²) in [6.45, 7) is 1.39. The van der Waals surface area contributed by atoms with E-state index in [0.717, 1.165) is 39.1 Å². The minimum atomic E-state index is -0.878. The maximum atomic E-state index is 12.8. The minimum absolute atomic E-state index is 0.162. The van der Waals surface area contributed by atoms with E-state index in [1.807, 2.05) is 48.5 Å². The largest absolute Gasteiger partial charge is 0.489 e. The lowest BCUT2D eigenvalue weighted by molar-refractivity contribution is 0.143. The predicted octanol–water partition coefficient (Wildman–Crippen LogP) is 5.06. The summed E-state index contributed by atoms with van der Waals surface area (Å²) in [7, 11) is 0. The molecule has 0 fully saturated rings. The van der Waals surface area contributed by atoms with Crippen molar-refractivity contribution in [1.82, 2.24) is 9.47 Å². The fourth-order valence-corrected chi connectivity index (χ4v) is 5.41. The zero-order valence-electron chi connectivity index (χ0n) is 17.4. The van der Waals surface area contributed by atoms with E-state index >= 15 is 0 Å². The van der Waals surface area contributed by atoms with E-state index in [-0.39, 0.29) is 5.56 Å². The molecule has 1 aliphatic rings. The Morgan fingerprint density at radius 3 is 2.72 bits per heavy atom. The number of pyridine rings is 1. The van der Waals surface area contributed by atoms with Gasteiger partial charge in [-0.2, -0.15) is 0 Å². The van der Waals surface area contributed by atoms with E-state index in [1.54, 1.807) is 28.2 Å². The number of thiophene rings is 1. The first kappa shape index (κ1) is 20.3. The van der Waals surface area contributed by atoms with Gasteiger partial charge in [0.15, 0.2) is 0 Å². The second kappa shape index (κ2) is 8.51. The van der Waals surface area contributed by atoms with E-state index < -0.39 is 6.09 Å². The van der Waals surface area contributed by atoms with E-state index in [1.165, 1.54) is 16.5 Å². The molecule has 2 aromatic heterocycles. The zero-order chi connectivity index (χ0) is 22.1. The second-order valence-electron chi connectivity index (χ2n) is 7.84. The number of ether oxygens (including phenoxy) is 1. The molecule has 162 valence electrons. The molecule has 0 bridgehead atoms. The third-order valence-electron chi connectivity index (χ3n) is 5.74. The Balaban J connectivity index is 1.41. The molecule has 3 heterocycles. The van der Waals surface area contributed by atoms with Crippen molar-refractivity contribution in [2.75, 3.05) is 6.54 Å². The van der Waals surface area contributed by atoms with E-state index in [4.69, 9.17) is 4.74 Å². The number of nitrogens with zero attached hydrogens (tertiary/aromatic N) is 2. The first-order chi connectivity index (χ1) is 15.6. The van der Waals surface area contributed by atoms with Crippen molar-refractivity contribution < 1.29 is 14.6 Å². The SMILES string of the molecule is O=C(O)N1CCCc2c(sc3cc(-n4ccc(OCc5ccccc5)cc4=O)ccc23)C1. The zero-order valence-corrected chi connectivity index (χ0v) is 18.2. The molecule has 6 nitrogen and oxygen atoms in total. The van der Waals surface area contributed by atoms with Crippen LogP contribution in [0.2, 0.25) is 0 Å². The number of hydrogen-bond acceptors (Lipinski definition) is 4. The van der Waals surface area contributed by atoms with Gasteiger partial charge in [0.1, 0.15) is 12.4 Å². The highest BCUT2D eigenvalue weighted by atomic mass is 32.1. The third kappa shape index (κ3) is 3.99. The quantitative estimate of drug-likeness (QED) is 0.476. The van der Waals surface area contributed by atoms with Gasteiger partial charge in [-0.15, -0.1) is 11.3 Å². The summed E-state index contributed by atoms with van der Waals surface area (Å²) in [5.74, 6) is 0.535. The lowest BCUT2D eigenvalue weighted by Crippen LogP contribution is -2.28. The van der Waals surface area contributed by atoms with Crippen LogP contribution in [-0.2, 0) is 19.6 Å². The van der Waals surface area contributed by atoms with Gasteiger partial charge in [0.25, 0.3) is 5.56 Å². The van der Waals surface area contributed by atoms with E-state index in [0.29, 0.717) is 25.4 Å². The van der Waals surface area contributed by atoms with Crippen molar-refractivity contribution in [1.29, 1.82) is 0 Å². The van der Waals surface area contributed by atoms with Crippen LogP contribution in [-0.4, -0.2) is 27.2 Å². The number of aromatic nitrogens is 1. The Hall–Kier alpha value is -3.58. The van der Waals surface area contributed by atoms with Crippen molar-refractivity contribution in [3.63, 3.8) is 0 Å². The number of carbonyl (C=O) groups is 1. The van der Waals surface area contributed by atoms with Gasteiger partial charge in [-0.3, -0.25) is 9.36 Å². The van der Waals surface area contributed by atoms with Crippen molar-refractivity contribution in [2.24, 2.45) is 0 Å². The highest BCUT2D eigenvalue weighted by molar-refractivity contribution is 7.19. The van der Waals surface area contributed by atoms with E-state index in [9.17, 15) is 14.7 Å². The molecular weight excluding hydrogens is 424 g/mol. The van der Waals surface area contributed by atoms with Crippen molar-refractivity contribution in [2.45, 2.75) is 26.0 Å². The van der Waals surface area contributed by atoms with Crippen LogP contribution in [0.25, 0.3) is 15.8 Å². The molecule has 0 saturated carbocycles. The van der Waals surface area contributed by atoms with Gasteiger partial charge in [-0.05, 0) is 47.6 Å². The van der Waals surface area contributed by atoms with Crippen LogP contribution in [0, 0.1) is 0 Å². The maximum absolute atomic E-state index is 12.8. The van der Waals surface area contributed by atoms with Crippen LogP contribution in [0.1, 0.15) is 22.4 Å². The van der Waals surface area contributed by atoms with Crippen molar-refractivity contribution >= 4 is 27.5 Å². The lowest BCUT2D eigenvalue weighted by Gasteiger charge is -2.15. The highest BCUT2D eigenvalue weighted by Crippen LogP contribution is 2.36. The molecule has 1 amide bonds. The Labute approximate surface area is 188 Å². The number of hydrogen-bond donors (Lipinski definition) is 1. The Bertz CT molecular complexity index is 1340. The average molecular weight is 447 g/mol. The molecule has 0 radical (unpaired) electrons. The fraction of sp³-hybridized carbons (Fsp3) is 0.200. The topological polar surface area (TPSA) is 71.8 Å². The third-order valence-corrected chi connectivity index (χ3v) is 6.92. The molecule has 0 spiro atoms. The van der Waals surface area contributed by atoms with Gasteiger partial charge in [-0.1, -0.05) is 36.4 Å². The van der Waals surface area contributed by atoms with Gasteiger partial charge in [-0.25, -0.2) is 4.79 Å². The number of carboxylic acid groups (broad SMARTS) is 1. The summed E-state index contributed by atoms with van der Waals surface area (Å²) in [6.07, 6.45) is 2.54. The summed E-state index contributed by atoms with van der Waals surface area (Å²) < 4.78 is 8.43. The molecule has 2 aromatic carbocycles. The maximum Gasteiger partial charge on any atom is 0.407 e. The monoisotopic (exact) mass is 446 g/mol. The molecular formula is C25H22N2O4S. The summed E-state index contributed by atoms with van der Waals surface area (Å²) in [5.41, 5.74) is 2.90. The van der Waals surface area contributed by atoms with Crippen LogP contribution in [0.4, 0.5) is 4.79 Å². The molecule has 0 atom stereocenters. The van der Waals surface area contributed by atoms with Gasteiger partial charge in [0.05, 0.1) is 12.2 Å². The number of fused-ring (bicyclic) bond motifs is 3. The van der Waals surface area contributed by atoms with Gasteiger partial charge < -0.3 is 14.7 Å². The minimum Gasteiger partial charge on any atom is -0.489 e. The van der Waals surface area contributed by atoms with Crippen LogP contribution in [0.15, 0.2) is 71.7 Å². The first-order valence-corrected chi connectivity index (χ1v) is 11.3. The average Bonchev–Trinajstić information content (AvgIpc) is 2.99. The summed E-state index contributed by atoms with van der Waals surface area (Å²) in [6, 6.07) is 19.1. The van der Waals surface area contributed by atoms with Crippen LogP contribution < -0.4 is 10.3 Å². The van der Waals surface area contributed by atoms with Crippen molar-refractivity contribution in [3.8, 4) is 11.4 Å². The van der Waals surface area contributed by atoms with E-state index in [2.05, 4.69) is 0 Å². The van der Waals surface area contributed by atoms with Gasteiger partial charge in [0.2, 0.25) is 0 Å². The molecule has 0 unspecified atom stereocenters.